The van der Waals surface area contributed by atoms with E-state index in [4.69, 9.17) is 16.7 Å². The minimum absolute atomic E-state index is 0.0828. The van der Waals surface area contributed by atoms with Crippen LogP contribution in [0.5, 0.6) is 0 Å². The van der Waals surface area contributed by atoms with Crippen molar-refractivity contribution in [1.82, 2.24) is 0 Å². The predicted octanol–water partition coefficient (Wildman–Crippen LogP) is 1.16. The molecule has 1 atom stereocenters. The van der Waals surface area contributed by atoms with Crippen molar-refractivity contribution >= 4 is 5.69 Å². The van der Waals surface area contributed by atoms with Crippen molar-refractivity contribution in [2.75, 3.05) is 5.73 Å². The second-order valence-electron chi connectivity index (χ2n) is 2.79. The number of benzene rings is 1. The van der Waals surface area contributed by atoms with E-state index in [1.165, 1.54) is 0 Å². The van der Waals surface area contributed by atoms with Gasteiger partial charge in [0, 0.05) is 11.7 Å². The average Bonchev–Trinajstić information content (AvgIpc) is 2.03. The van der Waals surface area contributed by atoms with Gasteiger partial charge in [0.1, 0.15) is 0 Å². The maximum absolute atomic E-state index is 8.62. The van der Waals surface area contributed by atoms with Gasteiger partial charge in [-0.1, -0.05) is 0 Å². The molecule has 0 aromatic heterocycles. The summed E-state index contributed by atoms with van der Waals surface area (Å²) in [6.45, 7) is 1.86. The summed E-state index contributed by atoms with van der Waals surface area (Å²) in [5.41, 5.74) is 13.2. The first-order valence-electron chi connectivity index (χ1n) is 3.69. The predicted molar refractivity (Wildman–Crippen MR) is 48.2 cm³/mol. The normalized spacial score (nSPS) is 12.1. The first kappa shape index (κ1) is 8.57. The Labute approximate surface area is 71.6 Å². The van der Waals surface area contributed by atoms with Gasteiger partial charge in [0.15, 0.2) is 0 Å². The fraction of sp³-hybridized carbons (Fsp3) is 0.222. The van der Waals surface area contributed by atoms with Crippen LogP contribution < -0.4 is 11.5 Å². The van der Waals surface area contributed by atoms with Crippen LogP contribution in [0, 0.1) is 11.3 Å². The Morgan fingerprint density at radius 3 is 2.58 bits per heavy atom. The third kappa shape index (κ3) is 1.74. The Morgan fingerprint density at radius 2 is 2.08 bits per heavy atom. The number of hydrogen-bond acceptors (Lipinski definition) is 3. The van der Waals surface area contributed by atoms with Gasteiger partial charge in [-0.25, -0.2) is 0 Å². The fourth-order valence-corrected chi connectivity index (χ4v) is 1.00. The first-order chi connectivity index (χ1) is 5.63. The second kappa shape index (κ2) is 3.24. The number of nitrogens with zero attached hydrogens (tertiary/aromatic N) is 1. The van der Waals surface area contributed by atoms with Crippen LogP contribution in [0.3, 0.4) is 0 Å². The highest BCUT2D eigenvalue weighted by Crippen LogP contribution is 2.16. The van der Waals surface area contributed by atoms with Crippen molar-refractivity contribution < 1.29 is 0 Å². The molecule has 3 nitrogen and oxygen atoms in total. The molecule has 0 saturated heterocycles. The van der Waals surface area contributed by atoms with Crippen LogP contribution in [-0.4, -0.2) is 0 Å². The zero-order valence-corrected chi connectivity index (χ0v) is 6.91. The topological polar surface area (TPSA) is 75.8 Å². The van der Waals surface area contributed by atoms with E-state index in [0.717, 1.165) is 5.56 Å². The van der Waals surface area contributed by atoms with E-state index in [9.17, 15) is 0 Å². The zero-order chi connectivity index (χ0) is 9.14. The lowest BCUT2D eigenvalue weighted by Gasteiger charge is -2.06. The lowest BCUT2D eigenvalue weighted by molar-refractivity contribution is 0.818. The molecule has 0 fully saturated rings. The van der Waals surface area contributed by atoms with Gasteiger partial charge in [-0.15, -0.1) is 0 Å². The molecule has 0 bridgehead atoms. The number of rotatable bonds is 1. The Morgan fingerprint density at radius 1 is 1.42 bits per heavy atom. The van der Waals surface area contributed by atoms with Gasteiger partial charge in [-0.2, -0.15) is 5.26 Å². The molecule has 1 rings (SSSR count). The largest absolute Gasteiger partial charge is 0.399 e. The molecule has 1 aromatic rings. The summed E-state index contributed by atoms with van der Waals surface area (Å²) in [4.78, 5) is 0. The Balaban J connectivity index is 3.17. The van der Waals surface area contributed by atoms with Crippen molar-refractivity contribution in [3.05, 3.63) is 29.3 Å². The van der Waals surface area contributed by atoms with Gasteiger partial charge < -0.3 is 11.5 Å². The Hall–Kier alpha value is -1.53. The van der Waals surface area contributed by atoms with Gasteiger partial charge in [0.25, 0.3) is 0 Å². The highest BCUT2D eigenvalue weighted by molar-refractivity contribution is 5.49. The van der Waals surface area contributed by atoms with Gasteiger partial charge in [-0.3, -0.25) is 0 Å². The molecule has 0 aliphatic carbocycles. The molecule has 1 unspecified atom stereocenters. The van der Waals surface area contributed by atoms with E-state index in [2.05, 4.69) is 0 Å². The molecule has 0 amide bonds. The van der Waals surface area contributed by atoms with Crippen LogP contribution in [0.15, 0.2) is 18.2 Å². The summed E-state index contributed by atoms with van der Waals surface area (Å²) in [6.07, 6.45) is 0. The third-order valence-corrected chi connectivity index (χ3v) is 1.63. The fourth-order valence-electron chi connectivity index (χ4n) is 1.00. The van der Waals surface area contributed by atoms with Crippen LogP contribution in [0.1, 0.15) is 24.1 Å². The van der Waals surface area contributed by atoms with Crippen LogP contribution in [0.25, 0.3) is 0 Å². The molecular formula is C9H11N3. The summed E-state index contributed by atoms with van der Waals surface area (Å²) in [5.74, 6) is 0. The Bertz CT molecular complexity index is 323. The maximum atomic E-state index is 8.62. The van der Waals surface area contributed by atoms with E-state index < -0.39 is 0 Å². The van der Waals surface area contributed by atoms with Crippen molar-refractivity contribution in [1.29, 1.82) is 5.26 Å². The van der Waals surface area contributed by atoms with E-state index >= 15 is 0 Å². The smallest absolute Gasteiger partial charge is 0.0992 e. The number of anilines is 1. The third-order valence-electron chi connectivity index (χ3n) is 1.63. The Kier molecular flexibility index (Phi) is 2.32. The lowest BCUT2D eigenvalue weighted by atomic mass is 10.1. The van der Waals surface area contributed by atoms with Crippen LogP contribution in [0.4, 0.5) is 5.69 Å². The van der Waals surface area contributed by atoms with E-state index in [-0.39, 0.29) is 6.04 Å². The number of hydrogen-bond donors (Lipinski definition) is 2. The first-order valence-corrected chi connectivity index (χ1v) is 3.69. The van der Waals surface area contributed by atoms with Gasteiger partial charge >= 0.3 is 0 Å². The molecule has 1 aromatic carbocycles. The molecule has 4 N–H and O–H groups in total. The summed E-state index contributed by atoms with van der Waals surface area (Å²) < 4.78 is 0. The van der Waals surface area contributed by atoms with Gasteiger partial charge in [-0.05, 0) is 30.7 Å². The van der Waals surface area contributed by atoms with Crippen molar-refractivity contribution in [2.24, 2.45) is 5.73 Å². The molecule has 0 radical (unpaired) electrons. The molecule has 0 spiro atoms. The second-order valence-corrected chi connectivity index (χ2v) is 2.79. The molecule has 0 aliphatic heterocycles. The summed E-state index contributed by atoms with van der Waals surface area (Å²) in [5, 5.41) is 8.62. The van der Waals surface area contributed by atoms with E-state index in [1.54, 1.807) is 18.2 Å². The highest BCUT2D eigenvalue weighted by atomic mass is 14.6. The standard InChI is InChI=1S/C9H11N3/c1-6(11)8-2-7(5-10)3-9(12)4-8/h2-4,6H,11-12H2,1H3. The summed E-state index contributed by atoms with van der Waals surface area (Å²) in [6, 6.07) is 7.11. The zero-order valence-electron chi connectivity index (χ0n) is 6.91. The highest BCUT2D eigenvalue weighted by Gasteiger charge is 2.01. The average molecular weight is 161 g/mol. The molecule has 3 heteroatoms. The van der Waals surface area contributed by atoms with Crippen LogP contribution in [0.2, 0.25) is 0 Å². The minimum atomic E-state index is -0.0828. The van der Waals surface area contributed by atoms with E-state index in [1.807, 2.05) is 13.0 Å². The number of nitrogen functional groups attached to an aromatic ring is 1. The molecule has 12 heavy (non-hydrogen) atoms. The van der Waals surface area contributed by atoms with Crippen LogP contribution in [-0.2, 0) is 0 Å². The molecule has 0 saturated carbocycles. The summed E-state index contributed by atoms with van der Waals surface area (Å²) in [7, 11) is 0. The van der Waals surface area contributed by atoms with Crippen molar-refractivity contribution in [2.45, 2.75) is 13.0 Å². The SMILES string of the molecule is CC(N)c1cc(N)cc(C#N)c1. The molecule has 62 valence electrons. The number of nitrogens with two attached hydrogens (primary N) is 2. The minimum Gasteiger partial charge on any atom is -0.399 e. The maximum Gasteiger partial charge on any atom is 0.0992 e. The van der Waals surface area contributed by atoms with Crippen molar-refractivity contribution in [3.8, 4) is 6.07 Å². The van der Waals surface area contributed by atoms with Gasteiger partial charge in [0.05, 0.1) is 11.6 Å². The van der Waals surface area contributed by atoms with Gasteiger partial charge in [0.2, 0.25) is 0 Å². The monoisotopic (exact) mass is 161 g/mol. The summed E-state index contributed by atoms with van der Waals surface area (Å²) >= 11 is 0. The molecular weight excluding hydrogens is 150 g/mol. The molecule has 0 heterocycles. The van der Waals surface area contributed by atoms with Crippen LogP contribution >= 0.6 is 0 Å². The number of nitriles is 1. The lowest BCUT2D eigenvalue weighted by Crippen LogP contribution is -2.05. The van der Waals surface area contributed by atoms with Crippen molar-refractivity contribution in [3.63, 3.8) is 0 Å². The quantitative estimate of drug-likeness (QED) is 0.607. The molecule has 0 aliphatic rings. The van der Waals surface area contributed by atoms with E-state index in [0.29, 0.717) is 11.3 Å².